The zero-order chi connectivity index (χ0) is 15.2. The number of benzene rings is 1. The molecule has 0 saturated carbocycles. The minimum absolute atomic E-state index is 0.0162. The average molecular weight is 297 g/mol. The molecule has 0 unspecified atom stereocenters. The summed E-state index contributed by atoms with van der Waals surface area (Å²) in [5.74, 6) is 0.729. The van der Waals surface area contributed by atoms with Crippen LogP contribution in [0.15, 0.2) is 48.8 Å². The fraction of sp³-hybridized carbons (Fsp3) is 0.312. The molecule has 0 radical (unpaired) electrons. The maximum Gasteiger partial charge on any atom is 0.317 e. The van der Waals surface area contributed by atoms with Crippen molar-refractivity contribution in [1.82, 2.24) is 20.2 Å². The van der Waals surface area contributed by atoms with Gasteiger partial charge < -0.3 is 15.1 Å². The summed E-state index contributed by atoms with van der Waals surface area (Å²) < 4.78 is 0. The highest BCUT2D eigenvalue weighted by atomic mass is 16.2. The highest BCUT2D eigenvalue weighted by Crippen LogP contribution is 2.09. The largest absolute Gasteiger partial charge is 0.337 e. The Hall–Kier alpha value is -2.63. The molecule has 1 fully saturated rings. The second kappa shape index (κ2) is 6.89. The van der Waals surface area contributed by atoms with Crippen LogP contribution in [0.5, 0.6) is 0 Å². The molecule has 0 atom stereocenters. The molecule has 0 bridgehead atoms. The number of rotatable bonds is 3. The lowest BCUT2D eigenvalue weighted by molar-refractivity contribution is 0.193. The number of urea groups is 1. The SMILES string of the molecule is O=C(NCc1ccccc1)N1CCN(c2ncccn2)CC1. The highest BCUT2D eigenvalue weighted by Gasteiger charge is 2.22. The van der Waals surface area contributed by atoms with E-state index in [4.69, 9.17) is 0 Å². The number of hydrogen-bond donors (Lipinski definition) is 1. The molecule has 3 rings (SSSR count). The van der Waals surface area contributed by atoms with Crippen LogP contribution in [-0.2, 0) is 6.54 Å². The van der Waals surface area contributed by atoms with Crippen LogP contribution in [0, 0.1) is 0 Å². The van der Waals surface area contributed by atoms with Gasteiger partial charge in [0.05, 0.1) is 0 Å². The first-order chi connectivity index (χ1) is 10.8. The predicted octanol–water partition coefficient (Wildman–Crippen LogP) is 1.51. The van der Waals surface area contributed by atoms with E-state index in [1.165, 1.54) is 0 Å². The number of piperazine rings is 1. The summed E-state index contributed by atoms with van der Waals surface area (Å²) in [5.41, 5.74) is 1.10. The summed E-state index contributed by atoms with van der Waals surface area (Å²) in [5, 5.41) is 2.96. The van der Waals surface area contributed by atoms with Gasteiger partial charge in [0.1, 0.15) is 0 Å². The van der Waals surface area contributed by atoms with Crippen molar-refractivity contribution in [3.8, 4) is 0 Å². The van der Waals surface area contributed by atoms with E-state index in [0.29, 0.717) is 19.6 Å². The summed E-state index contributed by atoms with van der Waals surface area (Å²) in [7, 11) is 0. The van der Waals surface area contributed by atoms with Crippen molar-refractivity contribution in [2.45, 2.75) is 6.54 Å². The van der Waals surface area contributed by atoms with E-state index in [-0.39, 0.29) is 6.03 Å². The monoisotopic (exact) mass is 297 g/mol. The Morgan fingerprint density at radius 3 is 2.36 bits per heavy atom. The van der Waals surface area contributed by atoms with Gasteiger partial charge in [-0.15, -0.1) is 0 Å². The van der Waals surface area contributed by atoms with E-state index in [1.54, 1.807) is 18.5 Å². The number of carbonyl (C=O) groups is 1. The number of aromatic nitrogens is 2. The Morgan fingerprint density at radius 1 is 1.00 bits per heavy atom. The number of carbonyl (C=O) groups excluding carboxylic acids is 1. The first-order valence-electron chi connectivity index (χ1n) is 7.41. The van der Waals surface area contributed by atoms with Gasteiger partial charge in [0.2, 0.25) is 5.95 Å². The lowest BCUT2D eigenvalue weighted by Crippen LogP contribution is -2.52. The molecule has 1 aliphatic heterocycles. The summed E-state index contributed by atoms with van der Waals surface area (Å²) in [4.78, 5) is 24.6. The molecule has 0 aliphatic carbocycles. The van der Waals surface area contributed by atoms with Crippen LogP contribution >= 0.6 is 0 Å². The summed E-state index contributed by atoms with van der Waals surface area (Å²) in [6.07, 6.45) is 3.47. The molecule has 1 aromatic carbocycles. The lowest BCUT2D eigenvalue weighted by atomic mass is 10.2. The van der Waals surface area contributed by atoms with Crippen molar-refractivity contribution < 1.29 is 4.79 Å². The molecule has 0 spiro atoms. The number of nitrogens with one attached hydrogen (secondary N) is 1. The van der Waals surface area contributed by atoms with Crippen LogP contribution < -0.4 is 10.2 Å². The van der Waals surface area contributed by atoms with Gasteiger partial charge in [-0.05, 0) is 11.6 Å². The molecule has 2 aromatic rings. The molecule has 2 heterocycles. The zero-order valence-corrected chi connectivity index (χ0v) is 12.4. The van der Waals surface area contributed by atoms with E-state index in [2.05, 4.69) is 20.2 Å². The second-order valence-corrected chi connectivity index (χ2v) is 5.17. The molecular weight excluding hydrogens is 278 g/mol. The number of nitrogens with zero attached hydrogens (tertiary/aromatic N) is 4. The fourth-order valence-corrected chi connectivity index (χ4v) is 2.45. The Balaban J connectivity index is 1.48. The molecule has 6 heteroatoms. The fourth-order valence-electron chi connectivity index (χ4n) is 2.45. The van der Waals surface area contributed by atoms with Gasteiger partial charge in [0.25, 0.3) is 0 Å². The molecule has 22 heavy (non-hydrogen) atoms. The van der Waals surface area contributed by atoms with Crippen molar-refractivity contribution in [3.05, 3.63) is 54.4 Å². The van der Waals surface area contributed by atoms with Gasteiger partial charge in [0.15, 0.2) is 0 Å². The van der Waals surface area contributed by atoms with E-state index in [1.807, 2.05) is 35.2 Å². The normalized spacial score (nSPS) is 14.7. The van der Waals surface area contributed by atoms with Gasteiger partial charge in [-0.2, -0.15) is 0 Å². The van der Waals surface area contributed by atoms with Crippen molar-refractivity contribution in [2.24, 2.45) is 0 Å². The Labute approximate surface area is 129 Å². The molecular formula is C16H19N5O. The Kier molecular flexibility index (Phi) is 4.48. The maximum absolute atomic E-state index is 12.2. The highest BCUT2D eigenvalue weighted by molar-refractivity contribution is 5.74. The topological polar surface area (TPSA) is 61.4 Å². The van der Waals surface area contributed by atoms with Crippen LogP contribution in [0.1, 0.15) is 5.56 Å². The van der Waals surface area contributed by atoms with Crippen LogP contribution in [0.3, 0.4) is 0 Å². The Bertz CT molecular complexity index is 596. The van der Waals surface area contributed by atoms with E-state index in [9.17, 15) is 4.79 Å². The third-order valence-corrected chi connectivity index (χ3v) is 3.69. The van der Waals surface area contributed by atoms with Gasteiger partial charge in [-0.25, -0.2) is 14.8 Å². The molecule has 1 N–H and O–H groups in total. The van der Waals surface area contributed by atoms with Crippen molar-refractivity contribution in [2.75, 3.05) is 31.1 Å². The predicted molar refractivity (Wildman–Crippen MR) is 84.5 cm³/mol. The van der Waals surface area contributed by atoms with Crippen molar-refractivity contribution >= 4 is 12.0 Å². The van der Waals surface area contributed by atoms with Crippen LogP contribution in [0.4, 0.5) is 10.7 Å². The zero-order valence-electron chi connectivity index (χ0n) is 12.4. The molecule has 1 saturated heterocycles. The summed E-state index contributed by atoms with van der Waals surface area (Å²) in [6.45, 7) is 3.42. The number of anilines is 1. The van der Waals surface area contributed by atoms with Crippen LogP contribution in [0.2, 0.25) is 0 Å². The minimum atomic E-state index is -0.0162. The quantitative estimate of drug-likeness (QED) is 0.933. The number of hydrogen-bond acceptors (Lipinski definition) is 4. The first-order valence-corrected chi connectivity index (χ1v) is 7.41. The van der Waals surface area contributed by atoms with E-state index < -0.39 is 0 Å². The first kappa shape index (κ1) is 14.3. The average Bonchev–Trinajstić information content (AvgIpc) is 2.61. The molecule has 2 amide bonds. The summed E-state index contributed by atoms with van der Waals surface area (Å²) >= 11 is 0. The third-order valence-electron chi connectivity index (χ3n) is 3.69. The third kappa shape index (κ3) is 3.52. The smallest absolute Gasteiger partial charge is 0.317 e. The summed E-state index contributed by atoms with van der Waals surface area (Å²) in [6, 6.07) is 11.7. The van der Waals surface area contributed by atoms with E-state index >= 15 is 0 Å². The lowest BCUT2D eigenvalue weighted by Gasteiger charge is -2.34. The van der Waals surface area contributed by atoms with Gasteiger partial charge in [-0.3, -0.25) is 0 Å². The molecule has 6 nitrogen and oxygen atoms in total. The van der Waals surface area contributed by atoms with Crippen molar-refractivity contribution in [1.29, 1.82) is 0 Å². The van der Waals surface area contributed by atoms with Crippen LogP contribution in [0.25, 0.3) is 0 Å². The van der Waals surface area contributed by atoms with E-state index in [0.717, 1.165) is 24.6 Å². The minimum Gasteiger partial charge on any atom is -0.337 e. The van der Waals surface area contributed by atoms with Crippen molar-refractivity contribution in [3.63, 3.8) is 0 Å². The van der Waals surface area contributed by atoms with Gasteiger partial charge in [-0.1, -0.05) is 30.3 Å². The number of amides is 2. The standard InChI is InChI=1S/C16H19N5O/c22-16(19-13-14-5-2-1-3-6-14)21-11-9-20(10-12-21)15-17-7-4-8-18-15/h1-8H,9-13H2,(H,19,22). The second-order valence-electron chi connectivity index (χ2n) is 5.17. The van der Waals surface area contributed by atoms with Crippen LogP contribution in [-0.4, -0.2) is 47.1 Å². The van der Waals surface area contributed by atoms with Gasteiger partial charge in [0, 0.05) is 45.1 Å². The molecule has 114 valence electrons. The Morgan fingerprint density at radius 2 is 1.68 bits per heavy atom. The molecule has 1 aliphatic rings. The molecule has 1 aromatic heterocycles. The maximum atomic E-state index is 12.2. The van der Waals surface area contributed by atoms with Gasteiger partial charge >= 0.3 is 6.03 Å².